The molecule has 0 fully saturated rings. The topological polar surface area (TPSA) is 0 Å². The molecule has 7 rings (SSSR count). The van der Waals surface area contributed by atoms with Crippen molar-refractivity contribution >= 4 is 61.3 Å². The maximum atomic E-state index is 2.53. The fraction of sp³-hybridized carbons (Fsp3) is 0. The first kappa shape index (κ1) is 18.8. The van der Waals surface area contributed by atoms with Crippen LogP contribution in [0.25, 0.3) is 23.3 Å². The molecule has 2 unspecified atom stereocenters. The minimum absolute atomic E-state index is 1.38. The van der Waals surface area contributed by atoms with Gasteiger partial charge in [-0.2, -0.15) is 0 Å². The second-order valence-corrected chi connectivity index (χ2v) is 16.7. The van der Waals surface area contributed by atoms with E-state index < -0.39 is 29.3 Å². The van der Waals surface area contributed by atoms with Crippen LogP contribution in [0.4, 0.5) is 0 Å². The number of benzene rings is 3. The summed E-state index contributed by atoms with van der Waals surface area (Å²) in [7, 11) is 0. The molecule has 3 aromatic carbocycles. The Morgan fingerprint density at radius 3 is 1.41 bits per heavy atom. The van der Waals surface area contributed by atoms with Crippen LogP contribution in [0.1, 0.15) is 22.3 Å². The van der Waals surface area contributed by atoms with Crippen molar-refractivity contribution in [3.63, 3.8) is 0 Å². The van der Waals surface area contributed by atoms with Crippen LogP contribution >= 0.6 is 0 Å². The van der Waals surface area contributed by atoms with Gasteiger partial charge in [0.05, 0.1) is 0 Å². The molecule has 0 saturated heterocycles. The summed E-state index contributed by atoms with van der Waals surface area (Å²) in [5, 5.41) is 0. The van der Waals surface area contributed by atoms with Gasteiger partial charge in [-0.3, -0.25) is 0 Å². The summed E-state index contributed by atoms with van der Waals surface area (Å²) in [5.74, 6) is 0. The van der Waals surface area contributed by atoms with E-state index in [0.29, 0.717) is 0 Å². The van der Waals surface area contributed by atoms with E-state index in [2.05, 4.69) is 119 Å². The second-order valence-electron chi connectivity index (χ2n) is 8.31. The summed E-state index contributed by atoms with van der Waals surface area (Å²) < 4.78 is 6.40. The Balaban J connectivity index is 1.34. The zero-order chi connectivity index (χ0) is 21.1. The van der Waals surface area contributed by atoms with E-state index in [1.54, 1.807) is 17.4 Å². The fourth-order valence-corrected chi connectivity index (χ4v) is 16.4. The minimum atomic E-state index is -1.52. The molecule has 0 N–H and O–H groups in total. The molecule has 0 nitrogen and oxygen atoms in total. The summed E-state index contributed by atoms with van der Waals surface area (Å²) in [4.78, 5) is 5.06. The van der Waals surface area contributed by atoms with Crippen LogP contribution in [0.15, 0.2) is 116 Å². The van der Waals surface area contributed by atoms with Crippen molar-refractivity contribution in [2.75, 3.05) is 0 Å². The molecular weight excluding hydrogens is 510 g/mol. The molecule has 2 heteroatoms. The number of hydrogen-bond acceptors (Lipinski definition) is 0. The Labute approximate surface area is 198 Å². The van der Waals surface area contributed by atoms with E-state index in [0.717, 1.165) is 0 Å². The van der Waals surface area contributed by atoms with E-state index in [1.807, 2.05) is 0 Å². The van der Waals surface area contributed by atoms with E-state index in [4.69, 9.17) is 0 Å². The Morgan fingerprint density at radius 2 is 0.906 bits per heavy atom. The molecule has 0 aromatic heterocycles. The van der Waals surface area contributed by atoms with Crippen LogP contribution in [0.5, 0.6) is 0 Å². The normalized spacial score (nSPS) is 21.6. The third kappa shape index (κ3) is 2.77. The monoisotopic (exact) mass is 530 g/mol. The molecule has 0 bridgehead atoms. The molecule has 2 aliphatic heterocycles. The zero-order valence-corrected chi connectivity index (χ0v) is 21.2. The summed E-state index contributed by atoms with van der Waals surface area (Å²) in [6, 6.07) is 27.1. The van der Waals surface area contributed by atoms with Gasteiger partial charge in [0.15, 0.2) is 0 Å². The molecule has 2 atom stereocenters. The van der Waals surface area contributed by atoms with Gasteiger partial charge in [0.1, 0.15) is 0 Å². The standard InChI is InChI=1S/C30H20As2/c1-3-11-23-21(9-1)19-29-25(23)13-7-17-31(29)27-15-5-6-16-28(27)32-18-8-14-26-24-12-4-2-10-22(24)20-30(26)32/h1-20H. The van der Waals surface area contributed by atoms with Crippen LogP contribution in [0.3, 0.4) is 0 Å². The van der Waals surface area contributed by atoms with Gasteiger partial charge in [-0.25, -0.2) is 0 Å². The van der Waals surface area contributed by atoms with Crippen LogP contribution < -0.4 is 8.70 Å². The van der Waals surface area contributed by atoms with Crippen molar-refractivity contribution < 1.29 is 0 Å². The summed E-state index contributed by atoms with van der Waals surface area (Å²) >= 11 is -3.05. The number of hydrogen-bond donors (Lipinski definition) is 0. The zero-order valence-electron chi connectivity index (χ0n) is 17.4. The van der Waals surface area contributed by atoms with Gasteiger partial charge in [-0.05, 0) is 0 Å². The fourth-order valence-electron chi connectivity index (χ4n) is 5.11. The van der Waals surface area contributed by atoms with Crippen molar-refractivity contribution in [2.24, 2.45) is 0 Å². The van der Waals surface area contributed by atoms with Gasteiger partial charge >= 0.3 is 199 Å². The van der Waals surface area contributed by atoms with Crippen molar-refractivity contribution in [1.29, 1.82) is 0 Å². The first-order chi connectivity index (χ1) is 15.9. The SMILES string of the molecule is C1=C[As](c2ccccc2[As]2C=CC=C3C2=Cc2ccccc23)C2=Cc3ccccc3C2=C1. The third-order valence-electron chi connectivity index (χ3n) is 6.55. The molecule has 0 saturated carbocycles. The molecule has 150 valence electrons. The van der Waals surface area contributed by atoms with Gasteiger partial charge in [-0.15, -0.1) is 0 Å². The quantitative estimate of drug-likeness (QED) is 0.393. The third-order valence-corrected chi connectivity index (χ3v) is 16.9. The summed E-state index contributed by atoms with van der Waals surface area (Å²) in [6.45, 7) is 0. The van der Waals surface area contributed by atoms with Crippen LogP contribution in [0, 0.1) is 0 Å². The van der Waals surface area contributed by atoms with Crippen LogP contribution in [-0.4, -0.2) is 29.3 Å². The molecule has 0 amide bonds. The molecule has 2 aliphatic carbocycles. The first-order valence-corrected chi connectivity index (χ1v) is 16.9. The van der Waals surface area contributed by atoms with Gasteiger partial charge < -0.3 is 0 Å². The average molecular weight is 530 g/mol. The Kier molecular flexibility index (Phi) is 4.33. The van der Waals surface area contributed by atoms with Crippen molar-refractivity contribution in [1.82, 2.24) is 0 Å². The Hall–Kier alpha value is -2.78. The van der Waals surface area contributed by atoms with Crippen LogP contribution in [0.2, 0.25) is 0 Å². The predicted molar refractivity (Wildman–Crippen MR) is 140 cm³/mol. The molecule has 2 heterocycles. The Morgan fingerprint density at radius 1 is 0.469 bits per heavy atom. The van der Waals surface area contributed by atoms with Crippen molar-refractivity contribution in [2.45, 2.75) is 0 Å². The molecule has 3 aromatic rings. The summed E-state index contributed by atoms with van der Waals surface area (Å²) in [6.07, 6.45) is 14.2. The van der Waals surface area contributed by atoms with Gasteiger partial charge in [0.25, 0.3) is 0 Å². The average Bonchev–Trinajstić information content (AvgIpc) is 3.42. The van der Waals surface area contributed by atoms with E-state index in [-0.39, 0.29) is 0 Å². The molecule has 4 aliphatic rings. The Bertz CT molecular complexity index is 1360. The number of fused-ring (bicyclic) bond motifs is 6. The first-order valence-electron chi connectivity index (χ1n) is 11.0. The molecule has 32 heavy (non-hydrogen) atoms. The van der Waals surface area contributed by atoms with Crippen LogP contribution in [-0.2, 0) is 0 Å². The van der Waals surface area contributed by atoms with Crippen molar-refractivity contribution in [3.05, 3.63) is 138 Å². The van der Waals surface area contributed by atoms with Gasteiger partial charge in [0.2, 0.25) is 0 Å². The number of allylic oxidation sites excluding steroid dienone is 8. The molecular formula is C30H20As2. The second kappa shape index (κ2) is 7.38. The van der Waals surface area contributed by atoms with Crippen molar-refractivity contribution in [3.8, 4) is 0 Å². The van der Waals surface area contributed by atoms with E-state index in [1.165, 1.54) is 33.4 Å². The predicted octanol–water partition coefficient (Wildman–Crippen LogP) is 5.35. The molecule has 0 radical (unpaired) electrons. The maximum absolute atomic E-state index is 2.53. The van der Waals surface area contributed by atoms with E-state index >= 15 is 0 Å². The van der Waals surface area contributed by atoms with Gasteiger partial charge in [-0.1, -0.05) is 0 Å². The van der Waals surface area contributed by atoms with E-state index in [9.17, 15) is 0 Å². The number of rotatable bonds is 2. The van der Waals surface area contributed by atoms with Gasteiger partial charge in [0, 0.05) is 0 Å². The molecule has 0 spiro atoms. The summed E-state index contributed by atoms with van der Waals surface area (Å²) in [5.41, 5.74) is 8.46.